The van der Waals surface area contributed by atoms with Crippen LogP contribution in [-0.2, 0) is 17.6 Å². The smallest absolute Gasteiger partial charge is 0.255 e. The van der Waals surface area contributed by atoms with Gasteiger partial charge in [-0.15, -0.1) is 0 Å². The van der Waals surface area contributed by atoms with Gasteiger partial charge < -0.3 is 19.5 Å². The Morgan fingerprint density at radius 1 is 1.10 bits per heavy atom. The van der Waals surface area contributed by atoms with Crippen LogP contribution in [0.2, 0.25) is 0 Å². The number of nitrogens with one attached hydrogen (secondary N) is 2. The van der Waals surface area contributed by atoms with E-state index in [1.54, 1.807) is 30.9 Å². The predicted octanol–water partition coefficient (Wildman–Crippen LogP) is 6.00. The molecular formula is C32H27N5O4S. The van der Waals surface area contributed by atoms with Gasteiger partial charge in [0.2, 0.25) is 0 Å². The molecule has 210 valence electrons. The minimum atomic E-state index is -1.34. The molecule has 0 spiro atoms. The monoisotopic (exact) mass is 577 g/mol. The largest absolute Gasteiger partial charge is 0.486 e. The van der Waals surface area contributed by atoms with Crippen molar-refractivity contribution in [1.29, 1.82) is 0 Å². The number of H-pyrrole nitrogens is 1. The van der Waals surface area contributed by atoms with E-state index >= 15 is 0 Å². The van der Waals surface area contributed by atoms with Crippen molar-refractivity contribution in [3.8, 4) is 39.7 Å². The molecule has 1 atom stereocenters. The molecule has 0 radical (unpaired) electrons. The van der Waals surface area contributed by atoms with Gasteiger partial charge in [-0.3, -0.25) is 9.10 Å². The minimum absolute atomic E-state index is 0.266. The van der Waals surface area contributed by atoms with Gasteiger partial charge in [-0.1, -0.05) is 29.8 Å². The SMILES string of the molecule is CNC(=O)c1c(-c2ccc(C)cc2)oc2cc(N(C)S(C)=O)c(-c3ccc4c(n3)-c3[nH]c5ncccc5c3CO4)cc12. The average molecular weight is 578 g/mol. The average Bonchev–Trinajstić information content (AvgIpc) is 3.58. The van der Waals surface area contributed by atoms with E-state index in [4.69, 9.17) is 14.1 Å². The fourth-order valence-electron chi connectivity index (χ4n) is 5.47. The van der Waals surface area contributed by atoms with Crippen LogP contribution in [0.15, 0.2) is 71.3 Å². The standard InChI is InChI=1S/C32H27N5O4S/c1-17-7-9-18(10-8-17)30-27(32(38)33-2)21-14-20(24(15-26(21)41-30)37(3)42(4)39)23-11-12-25-29(35-23)28-22(16-40-25)19-6-5-13-34-31(19)36-28/h5-15H,16H2,1-4H3,(H,33,38)(H,34,36). The molecule has 1 unspecified atom stereocenters. The van der Waals surface area contributed by atoms with Crippen LogP contribution in [0.1, 0.15) is 21.5 Å². The number of hydrogen-bond acceptors (Lipinski definition) is 6. The van der Waals surface area contributed by atoms with E-state index in [2.05, 4.69) is 15.3 Å². The Morgan fingerprint density at radius 3 is 2.67 bits per heavy atom. The van der Waals surface area contributed by atoms with Crippen LogP contribution < -0.4 is 14.4 Å². The summed E-state index contributed by atoms with van der Waals surface area (Å²) in [6.45, 7) is 2.42. The van der Waals surface area contributed by atoms with E-state index in [1.807, 2.05) is 67.6 Å². The number of anilines is 1. The lowest BCUT2D eigenvalue weighted by molar-refractivity contribution is 0.0964. The van der Waals surface area contributed by atoms with Crippen molar-refractivity contribution in [3.05, 3.63) is 83.6 Å². The number of furan rings is 1. The van der Waals surface area contributed by atoms with Gasteiger partial charge in [0.25, 0.3) is 5.91 Å². The highest BCUT2D eigenvalue weighted by Crippen LogP contribution is 2.44. The number of pyridine rings is 2. The fourth-order valence-corrected chi connectivity index (χ4v) is 5.89. The molecule has 0 aliphatic carbocycles. The lowest BCUT2D eigenvalue weighted by Crippen LogP contribution is -2.20. The van der Waals surface area contributed by atoms with Crippen molar-refractivity contribution in [3.63, 3.8) is 0 Å². The van der Waals surface area contributed by atoms with Crippen LogP contribution in [0.4, 0.5) is 5.69 Å². The molecule has 1 aliphatic rings. The summed E-state index contributed by atoms with van der Waals surface area (Å²) in [5.74, 6) is 0.857. The zero-order valence-corrected chi connectivity index (χ0v) is 24.3. The molecule has 0 saturated heterocycles. The Kier molecular flexibility index (Phi) is 6.09. The zero-order valence-electron chi connectivity index (χ0n) is 23.4. The second kappa shape index (κ2) is 9.85. The number of hydrogen-bond donors (Lipinski definition) is 2. The quantitative estimate of drug-likeness (QED) is 0.260. The number of amides is 1. The molecule has 2 N–H and O–H groups in total. The highest BCUT2D eigenvalue weighted by Gasteiger charge is 2.27. The van der Waals surface area contributed by atoms with Gasteiger partial charge in [0.05, 0.1) is 22.6 Å². The molecule has 5 heterocycles. The number of aryl methyl sites for hydroxylation is 1. The molecule has 0 saturated carbocycles. The van der Waals surface area contributed by atoms with Crippen molar-refractivity contribution in [2.45, 2.75) is 13.5 Å². The summed E-state index contributed by atoms with van der Waals surface area (Å²) in [7, 11) is 2.02. The molecule has 1 amide bonds. The third-order valence-corrected chi connectivity index (χ3v) is 8.69. The van der Waals surface area contributed by atoms with Gasteiger partial charge in [-0.2, -0.15) is 0 Å². The van der Waals surface area contributed by atoms with Crippen molar-refractivity contribution in [1.82, 2.24) is 20.3 Å². The number of carbonyl (C=O) groups excluding carboxylic acids is 1. The summed E-state index contributed by atoms with van der Waals surface area (Å²) in [5, 5.41) is 4.38. The van der Waals surface area contributed by atoms with Crippen molar-refractivity contribution in [2.75, 3.05) is 24.7 Å². The van der Waals surface area contributed by atoms with E-state index in [9.17, 15) is 9.00 Å². The summed E-state index contributed by atoms with van der Waals surface area (Å²) < 4.78 is 26.8. The summed E-state index contributed by atoms with van der Waals surface area (Å²) in [5.41, 5.74) is 8.09. The van der Waals surface area contributed by atoms with Crippen molar-refractivity contribution in [2.24, 2.45) is 0 Å². The van der Waals surface area contributed by atoms with Gasteiger partial charge >= 0.3 is 0 Å². The van der Waals surface area contributed by atoms with Crippen LogP contribution in [0.5, 0.6) is 5.75 Å². The summed E-state index contributed by atoms with van der Waals surface area (Å²) in [6, 6.07) is 19.2. The van der Waals surface area contributed by atoms with Gasteiger partial charge in [0.1, 0.15) is 46.0 Å². The van der Waals surface area contributed by atoms with Gasteiger partial charge in [-0.05, 0) is 37.3 Å². The number of aromatic amines is 1. The maximum absolute atomic E-state index is 13.3. The highest BCUT2D eigenvalue weighted by molar-refractivity contribution is 7.85. The first-order valence-electron chi connectivity index (χ1n) is 13.4. The van der Waals surface area contributed by atoms with Crippen molar-refractivity contribution < 1.29 is 18.2 Å². The number of aromatic nitrogens is 3. The third-order valence-electron chi connectivity index (χ3n) is 7.72. The molecular weight excluding hydrogens is 550 g/mol. The first kappa shape index (κ1) is 26.0. The maximum Gasteiger partial charge on any atom is 0.255 e. The van der Waals surface area contributed by atoms with Crippen LogP contribution in [0.3, 0.4) is 0 Å². The molecule has 9 nitrogen and oxygen atoms in total. The number of benzene rings is 2. The van der Waals surface area contributed by atoms with E-state index in [0.717, 1.165) is 33.4 Å². The fraction of sp³-hybridized carbons (Fsp3) is 0.156. The molecule has 0 fully saturated rings. The molecule has 6 aromatic rings. The van der Waals surface area contributed by atoms with Crippen LogP contribution in [-0.4, -0.2) is 45.4 Å². The summed E-state index contributed by atoms with van der Waals surface area (Å²) >= 11 is 0. The molecule has 2 aromatic carbocycles. The molecule has 0 bridgehead atoms. The Balaban J connectivity index is 1.48. The van der Waals surface area contributed by atoms with Gasteiger partial charge in [0.15, 0.2) is 0 Å². The topological polar surface area (TPSA) is 113 Å². The number of rotatable bonds is 5. The number of carbonyl (C=O) groups is 1. The molecule has 42 heavy (non-hydrogen) atoms. The Labute approximate surface area is 244 Å². The maximum atomic E-state index is 13.3. The number of fused-ring (bicyclic) bond motifs is 6. The first-order chi connectivity index (χ1) is 20.3. The number of ether oxygens (including phenoxy) is 1. The predicted molar refractivity (Wildman–Crippen MR) is 165 cm³/mol. The normalized spacial score (nSPS) is 13.0. The van der Waals surface area contributed by atoms with E-state index in [0.29, 0.717) is 57.3 Å². The van der Waals surface area contributed by atoms with E-state index in [-0.39, 0.29) is 5.91 Å². The van der Waals surface area contributed by atoms with Gasteiger partial charge in [-0.25, -0.2) is 14.2 Å². The second-order valence-corrected chi connectivity index (χ2v) is 11.6. The Hall–Kier alpha value is -4.96. The Morgan fingerprint density at radius 2 is 1.90 bits per heavy atom. The van der Waals surface area contributed by atoms with E-state index < -0.39 is 11.0 Å². The molecule has 7 rings (SSSR count). The Bertz CT molecular complexity index is 2060. The van der Waals surface area contributed by atoms with Crippen LogP contribution in [0.25, 0.3) is 56.0 Å². The highest BCUT2D eigenvalue weighted by atomic mass is 32.2. The van der Waals surface area contributed by atoms with Crippen LogP contribution in [0, 0.1) is 6.92 Å². The lowest BCUT2D eigenvalue weighted by Gasteiger charge is -2.21. The molecule has 4 aromatic heterocycles. The first-order valence-corrected chi connectivity index (χ1v) is 14.9. The zero-order chi connectivity index (χ0) is 29.1. The molecule has 10 heteroatoms. The number of nitrogens with zero attached hydrogens (tertiary/aromatic N) is 3. The van der Waals surface area contributed by atoms with Crippen molar-refractivity contribution >= 4 is 44.6 Å². The van der Waals surface area contributed by atoms with E-state index in [1.165, 1.54) is 0 Å². The van der Waals surface area contributed by atoms with Crippen LogP contribution >= 0.6 is 0 Å². The lowest BCUT2D eigenvalue weighted by atomic mass is 9.99. The summed E-state index contributed by atoms with van der Waals surface area (Å²) in [6.07, 6.45) is 3.36. The third kappa shape index (κ3) is 4.06. The van der Waals surface area contributed by atoms with Gasteiger partial charge in [0, 0.05) is 60.1 Å². The minimum Gasteiger partial charge on any atom is -0.486 e. The summed E-state index contributed by atoms with van der Waals surface area (Å²) in [4.78, 5) is 26.2. The second-order valence-electron chi connectivity index (χ2n) is 10.2. The molecule has 1 aliphatic heterocycles.